The molecule has 26 heavy (non-hydrogen) atoms. The van der Waals surface area contributed by atoms with Crippen LogP contribution < -0.4 is 4.74 Å². The summed E-state index contributed by atoms with van der Waals surface area (Å²) in [5, 5.41) is 5.16. The molecule has 5 nitrogen and oxygen atoms in total. The zero-order chi connectivity index (χ0) is 18.5. The van der Waals surface area contributed by atoms with E-state index in [1.54, 1.807) is 22.9 Å². The summed E-state index contributed by atoms with van der Waals surface area (Å²) < 4.78 is 21.4. The first-order valence-corrected chi connectivity index (χ1v) is 8.19. The summed E-state index contributed by atoms with van der Waals surface area (Å²) in [6.07, 6.45) is 1.10. The van der Waals surface area contributed by atoms with E-state index in [0.29, 0.717) is 24.0 Å². The number of fused-ring (bicyclic) bond motifs is 1. The molecule has 0 unspecified atom stereocenters. The van der Waals surface area contributed by atoms with Gasteiger partial charge >= 0.3 is 0 Å². The number of hydrogen-bond acceptors (Lipinski definition) is 4. The number of carbonyl (C=O) groups is 1. The number of carbonyl (C=O) groups excluding carboxylic acids is 1. The number of aldehydes is 1. The van der Waals surface area contributed by atoms with Crippen LogP contribution in [-0.2, 0) is 11.3 Å². The minimum absolute atomic E-state index is 0.0730. The van der Waals surface area contributed by atoms with Crippen molar-refractivity contribution in [2.75, 3.05) is 0 Å². The number of benzene rings is 2. The normalized spacial score (nSPS) is 11.9. The van der Waals surface area contributed by atoms with Crippen LogP contribution in [0.25, 0.3) is 10.9 Å². The van der Waals surface area contributed by atoms with Gasteiger partial charge in [-0.15, -0.1) is 5.10 Å². The van der Waals surface area contributed by atoms with Crippen LogP contribution >= 0.6 is 0 Å². The van der Waals surface area contributed by atoms with Gasteiger partial charge in [-0.1, -0.05) is 37.3 Å². The van der Waals surface area contributed by atoms with Crippen molar-refractivity contribution in [1.29, 1.82) is 0 Å². The Bertz CT molecular complexity index is 992. The Balaban J connectivity index is 2.05. The minimum Gasteiger partial charge on any atom is -0.432 e. The van der Waals surface area contributed by atoms with Gasteiger partial charge in [0.2, 0.25) is 5.88 Å². The summed E-state index contributed by atoms with van der Waals surface area (Å²) in [6.45, 7) is 5.56. The highest BCUT2D eigenvalue weighted by atomic mass is 19.1. The molecular formula is C20H18FN3O2. The second kappa shape index (κ2) is 7.74. The maximum Gasteiger partial charge on any atom is 0.246 e. The van der Waals surface area contributed by atoms with Crippen molar-refractivity contribution in [3.63, 3.8) is 0 Å². The lowest BCUT2D eigenvalue weighted by atomic mass is 10.2. The molecule has 0 saturated heterocycles. The van der Waals surface area contributed by atoms with Crippen molar-refractivity contribution in [1.82, 2.24) is 9.78 Å². The number of allylic oxidation sites excluding steroid dienone is 2. The molecule has 0 saturated carbocycles. The Hall–Kier alpha value is -3.28. The number of rotatable bonds is 7. The van der Waals surface area contributed by atoms with Crippen LogP contribution in [0.3, 0.4) is 0 Å². The van der Waals surface area contributed by atoms with Crippen LogP contribution in [0.2, 0.25) is 0 Å². The molecule has 1 aromatic heterocycles. The molecule has 3 rings (SSSR count). The summed E-state index contributed by atoms with van der Waals surface area (Å²) in [5.74, 6) is 0.0459. The molecule has 132 valence electrons. The molecule has 3 aromatic rings. The number of nitrogens with zero attached hydrogens (tertiary/aromatic N) is 3. The van der Waals surface area contributed by atoms with E-state index in [0.717, 1.165) is 10.9 Å². The molecule has 0 radical (unpaired) electrons. The van der Waals surface area contributed by atoms with Crippen molar-refractivity contribution >= 4 is 23.9 Å². The van der Waals surface area contributed by atoms with Gasteiger partial charge in [-0.3, -0.25) is 14.5 Å². The molecule has 0 aliphatic carbocycles. The van der Waals surface area contributed by atoms with E-state index < -0.39 is 0 Å². The highest BCUT2D eigenvalue weighted by Gasteiger charge is 2.16. The maximum atomic E-state index is 14.0. The number of halogens is 1. The summed E-state index contributed by atoms with van der Waals surface area (Å²) in [6, 6.07) is 14.0. The van der Waals surface area contributed by atoms with Gasteiger partial charge in [-0.2, -0.15) is 0 Å². The van der Waals surface area contributed by atoms with E-state index in [2.05, 4.69) is 16.8 Å². The average molecular weight is 351 g/mol. The van der Waals surface area contributed by atoms with E-state index >= 15 is 0 Å². The van der Waals surface area contributed by atoms with Gasteiger partial charge in [0.1, 0.15) is 5.82 Å². The lowest BCUT2D eigenvalue weighted by molar-refractivity contribution is -0.106. The molecule has 2 aromatic carbocycles. The fourth-order valence-electron chi connectivity index (χ4n) is 2.70. The number of para-hydroxylation sites is 1. The SMILES string of the molecule is C=N/C(CC)=C(/C=O)Oc1nn(Cc2ccccc2F)c2ccccc12. The van der Waals surface area contributed by atoms with E-state index in [1.807, 2.05) is 31.2 Å². The first-order valence-electron chi connectivity index (χ1n) is 8.19. The van der Waals surface area contributed by atoms with E-state index in [1.165, 1.54) is 6.07 Å². The first-order chi connectivity index (χ1) is 12.7. The summed E-state index contributed by atoms with van der Waals surface area (Å²) in [4.78, 5) is 15.2. The van der Waals surface area contributed by atoms with Crippen molar-refractivity contribution in [3.8, 4) is 5.88 Å². The molecule has 0 fully saturated rings. The topological polar surface area (TPSA) is 56.5 Å². The fourth-order valence-corrected chi connectivity index (χ4v) is 2.70. The van der Waals surface area contributed by atoms with Crippen LogP contribution in [0.1, 0.15) is 18.9 Å². The predicted octanol–water partition coefficient (Wildman–Crippen LogP) is 4.12. The monoisotopic (exact) mass is 351 g/mol. The van der Waals surface area contributed by atoms with Gasteiger partial charge in [-0.05, 0) is 31.3 Å². The second-order valence-corrected chi connectivity index (χ2v) is 5.61. The highest BCUT2D eigenvalue weighted by Crippen LogP contribution is 2.27. The molecule has 0 aliphatic rings. The van der Waals surface area contributed by atoms with E-state index in [-0.39, 0.29) is 24.0 Å². The Labute approximate surface area is 150 Å². The Morgan fingerprint density at radius 1 is 1.27 bits per heavy atom. The number of hydrogen-bond donors (Lipinski definition) is 0. The van der Waals surface area contributed by atoms with Crippen LogP contribution in [0, 0.1) is 5.82 Å². The van der Waals surface area contributed by atoms with Gasteiger partial charge in [0.25, 0.3) is 0 Å². The van der Waals surface area contributed by atoms with Crippen LogP contribution in [0.4, 0.5) is 4.39 Å². The van der Waals surface area contributed by atoms with Gasteiger partial charge in [0.15, 0.2) is 12.0 Å². The largest absolute Gasteiger partial charge is 0.432 e. The summed E-state index contributed by atoms with van der Waals surface area (Å²) in [5.41, 5.74) is 1.74. The van der Waals surface area contributed by atoms with Crippen LogP contribution in [0.5, 0.6) is 5.88 Å². The molecule has 0 atom stereocenters. The van der Waals surface area contributed by atoms with Crippen molar-refractivity contribution in [3.05, 3.63) is 71.4 Å². The molecule has 0 spiro atoms. The minimum atomic E-state index is -0.299. The van der Waals surface area contributed by atoms with Crippen LogP contribution in [0.15, 0.2) is 65.0 Å². The third-order valence-corrected chi connectivity index (χ3v) is 4.03. The molecular weight excluding hydrogens is 333 g/mol. The van der Waals surface area contributed by atoms with E-state index in [4.69, 9.17) is 4.74 Å². The molecule has 0 bridgehead atoms. The lowest BCUT2D eigenvalue weighted by Crippen LogP contribution is -2.05. The Morgan fingerprint density at radius 3 is 2.69 bits per heavy atom. The highest BCUT2D eigenvalue weighted by molar-refractivity contribution is 5.85. The molecule has 0 aliphatic heterocycles. The third-order valence-electron chi connectivity index (χ3n) is 4.03. The first kappa shape index (κ1) is 17.5. The molecule has 1 heterocycles. The van der Waals surface area contributed by atoms with E-state index in [9.17, 15) is 9.18 Å². The standard InChI is InChI=1S/C20H18FN3O2/c1-3-17(22-2)19(13-25)26-20-15-9-5-7-11-18(15)24(23-20)12-14-8-4-6-10-16(14)21/h4-11,13H,2-3,12H2,1H3/b19-17-. The molecule has 0 amide bonds. The quantitative estimate of drug-likeness (QED) is 0.278. The Morgan fingerprint density at radius 2 is 2.00 bits per heavy atom. The number of aromatic nitrogens is 2. The van der Waals surface area contributed by atoms with Gasteiger partial charge in [0, 0.05) is 5.56 Å². The van der Waals surface area contributed by atoms with Gasteiger partial charge in [-0.25, -0.2) is 4.39 Å². The van der Waals surface area contributed by atoms with Crippen molar-refractivity contribution in [2.24, 2.45) is 4.99 Å². The Kier molecular flexibility index (Phi) is 5.22. The maximum absolute atomic E-state index is 14.0. The number of ether oxygens (including phenoxy) is 1. The smallest absolute Gasteiger partial charge is 0.246 e. The second-order valence-electron chi connectivity index (χ2n) is 5.61. The van der Waals surface area contributed by atoms with Gasteiger partial charge in [0.05, 0.1) is 23.1 Å². The number of aliphatic imine (C=N–C) groups is 1. The fraction of sp³-hybridized carbons (Fsp3) is 0.150. The third kappa shape index (κ3) is 3.39. The van der Waals surface area contributed by atoms with Crippen molar-refractivity contribution < 1.29 is 13.9 Å². The molecule has 0 N–H and O–H groups in total. The average Bonchev–Trinajstić information content (AvgIpc) is 3.01. The zero-order valence-corrected chi connectivity index (χ0v) is 14.4. The molecule has 6 heteroatoms. The van der Waals surface area contributed by atoms with Crippen LogP contribution in [-0.4, -0.2) is 22.8 Å². The van der Waals surface area contributed by atoms with Crippen molar-refractivity contribution in [2.45, 2.75) is 19.9 Å². The summed E-state index contributed by atoms with van der Waals surface area (Å²) in [7, 11) is 0. The lowest BCUT2D eigenvalue weighted by Gasteiger charge is -2.05. The zero-order valence-electron chi connectivity index (χ0n) is 14.4. The summed E-state index contributed by atoms with van der Waals surface area (Å²) >= 11 is 0. The predicted molar refractivity (Wildman–Crippen MR) is 98.8 cm³/mol. The van der Waals surface area contributed by atoms with Gasteiger partial charge < -0.3 is 4.74 Å².